The number of nitrogens with zero attached hydrogens (tertiary/aromatic N) is 4. The maximum atomic E-state index is 13.0. The van der Waals surface area contributed by atoms with Crippen molar-refractivity contribution in [2.45, 2.75) is 37.4 Å². The lowest BCUT2D eigenvalue weighted by Gasteiger charge is -2.24. The molecule has 8 heteroatoms. The van der Waals surface area contributed by atoms with Crippen LogP contribution in [0, 0.1) is 0 Å². The highest BCUT2D eigenvalue weighted by Crippen LogP contribution is 2.24. The predicted octanol–water partition coefficient (Wildman–Crippen LogP) is 4.58. The van der Waals surface area contributed by atoms with Crippen molar-refractivity contribution in [2.75, 3.05) is 6.54 Å². The minimum atomic E-state index is -0.276. The van der Waals surface area contributed by atoms with Gasteiger partial charge >= 0.3 is 0 Å². The third-order valence-corrected chi connectivity index (χ3v) is 6.02. The summed E-state index contributed by atoms with van der Waals surface area (Å²) in [5.41, 5.74) is 1.12. The van der Waals surface area contributed by atoms with Gasteiger partial charge in [-0.1, -0.05) is 53.7 Å². The van der Waals surface area contributed by atoms with Crippen LogP contribution in [0.5, 0.6) is 5.75 Å². The summed E-state index contributed by atoms with van der Waals surface area (Å²) < 4.78 is 7.61. The van der Waals surface area contributed by atoms with E-state index in [2.05, 4.69) is 10.2 Å². The monoisotopic (exact) mass is 444 g/mol. The van der Waals surface area contributed by atoms with Gasteiger partial charge in [-0.15, -0.1) is 10.2 Å². The van der Waals surface area contributed by atoms with Crippen molar-refractivity contribution in [3.8, 4) is 5.75 Å². The van der Waals surface area contributed by atoms with Crippen LogP contribution in [0.15, 0.2) is 59.8 Å². The van der Waals surface area contributed by atoms with Gasteiger partial charge in [0, 0.05) is 25.2 Å². The highest BCUT2D eigenvalue weighted by Gasteiger charge is 2.23. The molecule has 0 aliphatic heterocycles. The lowest BCUT2D eigenvalue weighted by Crippen LogP contribution is -2.36. The van der Waals surface area contributed by atoms with Gasteiger partial charge in [0.25, 0.3) is 0 Å². The van der Waals surface area contributed by atoms with E-state index >= 15 is 0 Å². The normalized spacial score (nSPS) is 11.9. The Morgan fingerprint density at radius 1 is 1.17 bits per heavy atom. The lowest BCUT2D eigenvalue weighted by atomic mass is 10.2. The van der Waals surface area contributed by atoms with Crippen LogP contribution < -0.4 is 4.74 Å². The Hall–Kier alpha value is -2.51. The minimum Gasteiger partial charge on any atom is -0.486 e. The summed E-state index contributed by atoms with van der Waals surface area (Å²) in [6.07, 6.45) is 0. The first kappa shape index (κ1) is 22.2. The standard InChI is InChI=1S/C22H25ClN4O2S/c1-4-27(14-17-8-6-5-7-9-17)21(28)16(2)30-22-25-24-20(26(22)3)15-29-19-12-10-18(23)11-13-19/h5-13,16H,4,14-15H2,1-3H3. The van der Waals surface area contributed by atoms with E-state index in [9.17, 15) is 4.79 Å². The van der Waals surface area contributed by atoms with Gasteiger partial charge in [-0.3, -0.25) is 4.79 Å². The van der Waals surface area contributed by atoms with E-state index in [1.165, 1.54) is 11.8 Å². The molecule has 1 atom stereocenters. The van der Waals surface area contributed by atoms with Crippen molar-refractivity contribution >= 4 is 29.3 Å². The van der Waals surface area contributed by atoms with Gasteiger partial charge < -0.3 is 14.2 Å². The Morgan fingerprint density at radius 2 is 1.87 bits per heavy atom. The van der Waals surface area contributed by atoms with E-state index in [0.29, 0.717) is 34.8 Å². The van der Waals surface area contributed by atoms with E-state index < -0.39 is 0 Å². The van der Waals surface area contributed by atoms with Crippen LogP contribution >= 0.6 is 23.4 Å². The first-order chi connectivity index (χ1) is 14.5. The summed E-state index contributed by atoms with van der Waals surface area (Å²) >= 11 is 7.30. The number of benzene rings is 2. The largest absolute Gasteiger partial charge is 0.486 e. The number of hydrogen-bond donors (Lipinski definition) is 0. The highest BCUT2D eigenvalue weighted by atomic mass is 35.5. The third kappa shape index (κ3) is 5.77. The Labute approximate surface area is 186 Å². The minimum absolute atomic E-state index is 0.0771. The third-order valence-electron chi connectivity index (χ3n) is 4.65. The number of thioether (sulfide) groups is 1. The van der Waals surface area contributed by atoms with E-state index in [1.807, 2.05) is 60.7 Å². The molecule has 2 aromatic carbocycles. The van der Waals surface area contributed by atoms with Crippen LogP contribution in [-0.2, 0) is 25.0 Å². The molecule has 0 fully saturated rings. The average molecular weight is 445 g/mol. The van der Waals surface area contributed by atoms with Crippen LogP contribution in [-0.4, -0.2) is 37.4 Å². The SMILES string of the molecule is CCN(Cc1ccccc1)C(=O)C(C)Sc1nnc(COc2ccc(Cl)cc2)n1C. The molecule has 3 aromatic rings. The van der Waals surface area contributed by atoms with Crippen molar-refractivity contribution in [1.29, 1.82) is 0 Å². The molecule has 0 bridgehead atoms. The molecule has 3 rings (SSSR count). The van der Waals surface area contributed by atoms with Crippen LogP contribution in [0.1, 0.15) is 25.2 Å². The van der Waals surface area contributed by atoms with Gasteiger partial charge in [0.05, 0.1) is 5.25 Å². The summed E-state index contributed by atoms with van der Waals surface area (Å²) in [5, 5.41) is 9.51. The van der Waals surface area contributed by atoms with Gasteiger partial charge in [-0.05, 0) is 43.7 Å². The molecule has 0 saturated carbocycles. The first-order valence-corrected chi connectivity index (χ1v) is 11.0. The van der Waals surface area contributed by atoms with Crippen LogP contribution in [0.2, 0.25) is 5.02 Å². The molecule has 158 valence electrons. The van der Waals surface area contributed by atoms with Crippen molar-refractivity contribution in [2.24, 2.45) is 7.05 Å². The fraction of sp³-hybridized carbons (Fsp3) is 0.318. The van der Waals surface area contributed by atoms with Crippen LogP contribution in [0.3, 0.4) is 0 Å². The lowest BCUT2D eigenvalue weighted by molar-refractivity contribution is -0.130. The Morgan fingerprint density at radius 3 is 2.53 bits per heavy atom. The molecule has 0 saturated heterocycles. The average Bonchev–Trinajstić information content (AvgIpc) is 3.11. The molecule has 0 aliphatic rings. The first-order valence-electron chi connectivity index (χ1n) is 9.74. The number of amides is 1. The number of carbonyl (C=O) groups excluding carboxylic acids is 1. The second-order valence-corrected chi connectivity index (χ2v) is 8.54. The van der Waals surface area contributed by atoms with Gasteiger partial charge in [0.1, 0.15) is 12.4 Å². The smallest absolute Gasteiger partial charge is 0.236 e. The number of carbonyl (C=O) groups is 1. The summed E-state index contributed by atoms with van der Waals surface area (Å²) in [7, 11) is 1.88. The molecule has 0 aliphatic carbocycles. The number of rotatable bonds is 9. The molecule has 0 spiro atoms. The number of ether oxygens (including phenoxy) is 1. The molecule has 30 heavy (non-hydrogen) atoms. The fourth-order valence-corrected chi connectivity index (χ4v) is 3.91. The molecule has 1 heterocycles. The second-order valence-electron chi connectivity index (χ2n) is 6.80. The molecule has 0 radical (unpaired) electrons. The van der Waals surface area contributed by atoms with Crippen molar-refractivity contribution in [1.82, 2.24) is 19.7 Å². The van der Waals surface area contributed by atoms with Crippen LogP contribution in [0.25, 0.3) is 0 Å². The van der Waals surface area contributed by atoms with Crippen molar-refractivity contribution in [3.63, 3.8) is 0 Å². The molecule has 0 N–H and O–H groups in total. The van der Waals surface area contributed by atoms with Crippen LogP contribution in [0.4, 0.5) is 0 Å². The molecular weight excluding hydrogens is 420 g/mol. The van der Waals surface area contributed by atoms with Crippen molar-refractivity contribution < 1.29 is 9.53 Å². The molecule has 1 unspecified atom stereocenters. The summed E-state index contributed by atoms with van der Waals surface area (Å²) in [5.74, 6) is 1.47. The molecular formula is C22H25ClN4O2S. The predicted molar refractivity (Wildman–Crippen MR) is 120 cm³/mol. The topological polar surface area (TPSA) is 60.3 Å². The number of halogens is 1. The number of aromatic nitrogens is 3. The maximum absolute atomic E-state index is 13.0. The zero-order valence-corrected chi connectivity index (χ0v) is 18.9. The quantitative estimate of drug-likeness (QED) is 0.452. The zero-order valence-electron chi connectivity index (χ0n) is 17.3. The summed E-state index contributed by atoms with van der Waals surface area (Å²) in [4.78, 5) is 14.8. The summed E-state index contributed by atoms with van der Waals surface area (Å²) in [6.45, 7) is 5.42. The van der Waals surface area contributed by atoms with Gasteiger partial charge in [-0.2, -0.15) is 0 Å². The molecule has 6 nitrogen and oxygen atoms in total. The van der Waals surface area contributed by atoms with Gasteiger partial charge in [0.15, 0.2) is 11.0 Å². The second kappa shape index (κ2) is 10.5. The fourth-order valence-electron chi connectivity index (χ4n) is 2.87. The summed E-state index contributed by atoms with van der Waals surface area (Å²) in [6, 6.07) is 17.2. The van der Waals surface area contributed by atoms with E-state index in [1.54, 1.807) is 24.3 Å². The van der Waals surface area contributed by atoms with E-state index in [0.717, 1.165) is 5.56 Å². The van der Waals surface area contributed by atoms with E-state index in [4.69, 9.17) is 16.3 Å². The Bertz CT molecular complexity index is 963. The van der Waals surface area contributed by atoms with E-state index in [-0.39, 0.29) is 17.8 Å². The maximum Gasteiger partial charge on any atom is 0.236 e. The van der Waals surface area contributed by atoms with Crippen molar-refractivity contribution in [3.05, 3.63) is 71.0 Å². The van der Waals surface area contributed by atoms with Gasteiger partial charge in [0.2, 0.25) is 5.91 Å². The number of hydrogen-bond acceptors (Lipinski definition) is 5. The zero-order chi connectivity index (χ0) is 21.5. The molecule has 1 aromatic heterocycles. The Kier molecular flexibility index (Phi) is 7.76. The molecule has 1 amide bonds. The Balaban J connectivity index is 1.59. The van der Waals surface area contributed by atoms with Gasteiger partial charge in [-0.25, -0.2) is 0 Å². The highest BCUT2D eigenvalue weighted by molar-refractivity contribution is 8.00.